The molecule has 8 nitrogen and oxygen atoms in total. The van der Waals surface area contributed by atoms with E-state index in [0.29, 0.717) is 27.8 Å². The highest BCUT2D eigenvalue weighted by atomic mass is 32.2. The Morgan fingerprint density at radius 3 is 2.81 bits per heavy atom. The van der Waals surface area contributed by atoms with Crippen LogP contribution in [0.2, 0.25) is 0 Å². The molecule has 0 bridgehead atoms. The summed E-state index contributed by atoms with van der Waals surface area (Å²) in [5.41, 5.74) is 1.55. The van der Waals surface area contributed by atoms with Crippen LogP contribution < -0.4 is 10.9 Å². The van der Waals surface area contributed by atoms with Crippen LogP contribution in [0.5, 0.6) is 0 Å². The standard InChI is InChI=1S/C21H18N4O4S2/c1-13-10-17-19(31-13)20(27)24(15-7-3-2-4-8-15)21(23-17)30-12-18(26)22-14-6-5-9-16(11-14)25(28)29/h2-9,11,13H,10,12H2,1H3,(H,22,26). The zero-order valence-electron chi connectivity index (χ0n) is 16.5. The van der Waals surface area contributed by atoms with Gasteiger partial charge in [0, 0.05) is 29.5 Å². The molecule has 0 saturated heterocycles. The van der Waals surface area contributed by atoms with Crippen LogP contribution in [0.4, 0.5) is 11.4 Å². The lowest BCUT2D eigenvalue weighted by Gasteiger charge is -2.13. The second-order valence-electron chi connectivity index (χ2n) is 6.92. The van der Waals surface area contributed by atoms with Gasteiger partial charge >= 0.3 is 0 Å². The fraction of sp³-hybridized carbons (Fsp3) is 0.190. The number of amides is 1. The molecule has 31 heavy (non-hydrogen) atoms. The Bertz CT molecular complexity index is 1210. The summed E-state index contributed by atoms with van der Waals surface area (Å²) < 4.78 is 1.54. The molecule has 0 aliphatic carbocycles. The Kier molecular flexibility index (Phi) is 6.10. The Morgan fingerprint density at radius 2 is 2.06 bits per heavy atom. The maximum atomic E-state index is 13.2. The lowest BCUT2D eigenvalue weighted by molar-refractivity contribution is -0.384. The first-order valence-corrected chi connectivity index (χ1v) is 11.3. The molecule has 1 amide bonds. The number of benzene rings is 2. The molecule has 1 N–H and O–H groups in total. The summed E-state index contributed by atoms with van der Waals surface area (Å²) in [6, 6.07) is 15.0. The number of carbonyl (C=O) groups excluding carboxylic acids is 1. The fourth-order valence-corrected chi connectivity index (χ4v) is 5.15. The van der Waals surface area contributed by atoms with Crippen molar-refractivity contribution in [1.82, 2.24) is 9.55 Å². The van der Waals surface area contributed by atoms with Gasteiger partial charge < -0.3 is 5.32 Å². The second kappa shape index (κ2) is 8.94. The van der Waals surface area contributed by atoms with Gasteiger partial charge in [-0.1, -0.05) is 43.0 Å². The quantitative estimate of drug-likeness (QED) is 0.260. The lowest BCUT2D eigenvalue weighted by Crippen LogP contribution is -2.24. The van der Waals surface area contributed by atoms with E-state index in [1.54, 1.807) is 6.07 Å². The van der Waals surface area contributed by atoms with Crippen molar-refractivity contribution < 1.29 is 9.72 Å². The first-order chi connectivity index (χ1) is 14.9. The van der Waals surface area contributed by atoms with Crippen LogP contribution in [0.25, 0.3) is 5.69 Å². The van der Waals surface area contributed by atoms with Gasteiger partial charge in [0.2, 0.25) is 5.91 Å². The molecule has 1 aromatic heterocycles. The zero-order chi connectivity index (χ0) is 22.0. The van der Waals surface area contributed by atoms with Gasteiger partial charge in [-0.15, -0.1) is 11.8 Å². The summed E-state index contributed by atoms with van der Waals surface area (Å²) in [6.45, 7) is 2.05. The molecule has 4 rings (SSSR count). The molecule has 1 aliphatic rings. The van der Waals surface area contributed by atoms with Crippen molar-refractivity contribution in [3.8, 4) is 5.69 Å². The van der Waals surface area contributed by atoms with E-state index in [1.807, 2.05) is 30.3 Å². The van der Waals surface area contributed by atoms with E-state index < -0.39 is 4.92 Å². The third kappa shape index (κ3) is 4.64. The van der Waals surface area contributed by atoms with Crippen molar-refractivity contribution in [2.24, 2.45) is 0 Å². The SMILES string of the molecule is CC1Cc2nc(SCC(=O)Nc3cccc([N+](=O)[O-])c3)n(-c3ccccc3)c(=O)c2S1. The first-order valence-electron chi connectivity index (χ1n) is 9.47. The van der Waals surface area contributed by atoms with Crippen LogP contribution in [0.3, 0.4) is 0 Å². The number of nitro groups is 1. The number of hydrogen-bond acceptors (Lipinski definition) is 7. The summed E-state index contributed by atoms with van der Waals surface area (Å²) in [5.74, 6) is -0.341. The number of hydrogen-bond donors (Lipinski definition) is 1. The van der Waals surface area contributed by atoms with Crippen LogP contribution in [-0.4, -0.2) is 31.4 Å². The topological polar surface area (TPSA) is 107 Å². The van der Waals surface area contributed by atoms with Gasteiger partial charge in [0.25, 0.3) is 11.2 Å². The van der Waals surface area contributed by atoms with E-state index in [2.05, 4.69) is 12.2 Å². The Labute approximate surface area is 186 Å². The number of rotatable bonds is 6. The molecule has 3 aromatic rings. The van der Waals surface area contributed by atoms with Crippen molar-refractivity contribution in [2.45, 2.75) is 28.6 Å². The minimum atomic E-state index is -0.517. The third-order valence-corrected chi connectivity index (χ3v) is 6.72. The van der Waals surface area contributed by atoms with Crippen molar-refractivity contribution in [1.29, 1.82) is 0 Å². The second-order valence-corrected chi connectivity index (χ2v) is 9.31. The third-order valence-electron chi connectivity index (χ3n) is 4.57. The van der Waals surface area contributed by atoms with Gasteiger partial charge in [-0.2, -0.15) is 0 Å². The molecular weight excluding hydrogens is 436 g/mol. The number of anilines is 1. The normalized spacial score (nSPS) is 14.8. The molecule has 1 unspecified atom stereocenters. The van der Waals surface area contributed by atoms with Crippen LogP contribution in [-0.2, 0) is 11.2 Å². The molecule has 1 aliphatic heterocycles. The number of thioether (sulfide) groups is 2. The van der Waals surface area contributed by atoms with Crippen molar-refractivity contribution in [2.75, 3.05) is 11.1 Å². The summed E-state index contributed by atoms with van der Waals surface area (Å²) in [6.07, 6.45) is 0.707. The highest BCUT2D eigenvalue weighted by Crippen LogP contribution is 2.34. The number of fused-ring (bicyclic) bond motifs is 1. The average molecular weight is 455 g/mol. The van der Waals surface area contributed by atoms with E-state index in [9.17, 15) is 19.7 Å². The minimum absolute atomic E-state index is 0.00342. The fourth-order valence-electron chi connectivity index (χ4n) is 3.23. The van der Waals surface area contributed by atoms with Gasteiger partial charge in [0.05, 0.1) is 27.0 Å². The van der Waals surface area contributed by atoms with Crippen LogP contribution >= 0.6 is 23.5 Å². The largest absolute Gasteiger partial charge is 0.325 e. The van der Waals surface area contributed by atoms with Gasteiger partial charge in [-0.05, 0) is 18.2 Å². The summed E-state index contributed by atoms with van der Waals surface area (Å²) >= 11 is 2.68. The van der Waals surface area contributed by atoms with Gasteiger partial charge in [-0.25, -0.2) is 4.98 Å². The molecule has 158 valence electrons. The predicted molar refractivity (Wildman–Crippen MR) is 121 cm³/mol. The Morgan fingerprint density at radius 1 is 1.29 bits per heavy atom. The van der Waals surface area contributed by atoms with Crippen LogP contribution in [0, 0.1) is 10.1 Å². The highest BCUT2D eigenvalue weighted by molar-refractivity contribution is 8.00. The summed E-state index contributed by atoms with van der Waals surface area (Å²) in [7, 11) is 0. The summed E-state index contributed by atoms with van der Waals surface area (Å²) in [5, 5.41) is 14.3. The number of nitrogens with zero attached hydrogens (tertiary/aromatic N) is 3. The van der Waals surface area contributed by atoms with Crippen molar-refractivity contribution in [3.05, 3.63) is 80.8 Å². The zero-order valence-corrected chi connectivity index (χ0v) is 18.1. The summed E-state index contributed by atoms with van der Waals surface area (Å²) in [4.78, 5) is 41.4. The Hall–Kier alpha value is -3.11. The average Bonchev–Trinajstić information content (AvgIpc) is 3.13. The predicted octanol–water partition coefficient (Wildman–Crippen LogP) is 3.91. The number of carbonyl (C=O) groups is 1. The maximum Gasteiger partial charge on any atom is 0.272 e. The smallest absolute Gasteiger partial charge is 0.272 e. The molecule has 10 heteroatoms. The minimum Gasteiger partial charge on any atom is -0.325 e. The van der Waals surface area contributed by atoms with E-state index in [0.717, 1.165) is 17.5 Å². The molecule has 2 aromatic carbocycles. The molecule has 0 fully saturated rings. The monoisotopic (exact) mass is 454 g/mol. The number of para-hydroxylation sites is 1. The lowest BCUT2D eigenvalue weighted by atomic mass is 10.2. The molecule has 0 saturated carbocycles. The van der Waals surface area contributed by atoms with Gasteiger partial charge in [0.1, 0.15) is 0 Å². The highest BCUT2D eigenvalue weighted by Gasteiger charge is 2.27. The van der Waals surface area contributed by atoms with E-state index in [1.165, 1.54) is 34.5 Å². The van der Waals surface area contributed by atoms with Crippen molar-refractivity contribution in [3.63, 3.8) is 0 Å². The van der Waals surface area contributed by atoms with Gasteiger partial charge in [0.15, 0.2) is 5.16 Å². The number of non-ortho nitro benzene ring substituents is 1. The molecule has 2 heterocycles. The molecule has 0 radical (unpaired) electrons. The van der Waals surface area contributed by atoms with E-state index in [-0.39, 0.29) is 28.2 Å². The van der Waals surface area contributed by atoms with Gasteiger partial charge in [-0.3, -0.25) is 24.3 Å². The van der Waals surface area contributed by atoms with E-state index in [4.69, 9.17) is 4.98 Å². The number of nitro benzene ring substituents is 1. The van der Waals surface area contributed by atoms with Crippen molar-refractivity contribution >= 4 is 40.8 Å². The molecular formula is C21H18N4O4S2. The maximum absolute atomic E-state index is 13.2. The number of nitrogens with one attached hydrogen (secondary N) is 1. The first kappa shape index (κ1) is 21.1. The molecule has 0 spiro atoms. The number of aromatic nitrogens is 2. The van der Waals surface area contributed by atoms with Crippen LogP contribution in [0.15, 0.2) is 69.4 Å². The van der Waals surface area contributed by atoms with E-state index >= 15 is 0 Å². The molecule has 1 atom stereocenters. The Balaban J connectivity index is 1.58. The van der Waals surface area contributed by atoms with Crippen LogP contribution in [0.1, 0.15) is 12.6 Å².